The van der Waals surface area contributed by atoms with Crippen LogP contribution in [0.5, 0.6) is 0 Å². The van der Waals surface area contributed by atoms with Crippen LogP contribution in [0.3, 0.4) is 0 Å². The number of nitrogens with one attached hydrogen (secondary N) is 1. The number of non-ortho nitro benzene ring substituents is 1. The van der Waals surface area contributed by atoms with Gasteiger partial charge in [-0.05, 0) is 40.5 Å². The van der Waals surface area contributed by atoms with E-state index >= 15 is 0 Å². The van der Waals surface area contributed by atoms with Crippen molar-refractivity contribution in [3.05, 3.63) is 68.2 Å². The van der Waals surface area contributed by atoms with E-state index in [0.717, 1.165) is 5.56 Å². The molecule has 2 aromatic rings. The zero-order chi connectivity index (χ0) is 14.7. The smallest absolute Gasteiger partial charge is 0.271 e. The van der Waals surface area contributed by atoms with Crippen molar-refractivity contribution in [2.45, 2.75) is 6.92 Å². The fraction of sp³-hybridized carbons (Fsp3) is 0.0714. The van der Waals surface area contributed by atoms with Crippen molar-refractivity contribution >= 4 is 33.2 Å². The summed E-state index contributed by atoms with van der Waals surface area (Å²) in [7, 11) is 0. The predicted octanol–water partition coefficient (Wildman–Crippen LogP) is 3.92. The SMILES string of the molecule is Cc1ccc([N+](=O)[O-])cc1NC(=O)c1ccccc1Br. The molecule has 0 aromatic heterocycles. The van der Waals surface area contributed by atoms with Crippen LogP contribution in [0.4, 0.5) is 11.4 Å². The van der Waals surface area contributed by atoms with E-state index in [2.05, 4.69) is 21.2 Å². The quantitative estimate of drug-likeness (QED) is 0.683. The highest BCUT2D eigenvalue weighted by Crippen LogP contribution is 2.23. The van der Waals surface area contributed by atoms with E-state index in [9.17, 15) is 14.9 Å². The third kappa shape index (κ3) is 3.03. The number of hydrogen-bond donors (Lipinski definition) is 1. The zero-order valence-corrected chi connectivity index (χ0v) is 12.2. The first-order valence-electron chi connectivity index (χ1n) is 5.80. The van der Waals surface area contributed by atoms with Crippen molar-refractivity contribution < 1.29 is 9.72 Å². The Balaban J connectivity index is 2.30. The molecule has 0 bridgehead atoms. The molecule has 0 saturated carbocycles. The third-order valence-electron chi connectivity index (χ3n) is 2.80. The molecule has 1 amide bonds. The van der Waals surface area contributed by atoms with Gasteiger partial charge in [0.1, 0.15) is 0 Å². The summed E-state index contributed by atoms with van der Waals surface area (Å²) in [6.45, 7) is 1.78. The molecule has 0 unspecified atom stereocenters. The Morgan fingerprint density at radius 3 is 2.60 bits per heavy atom. The molecule has 0 fully saturated rings. The molecule has 0 saturated heterocycles. The predicted molar refractivity (Wildman–Crippen MR) is 79.9 cm³/mol. The maximum atomic E-state index is 12.2. The molecule has 0 spiro atoms. The zero-order valence-electron chi connectivity index (χ0n) is 10.6. The van der Waals surface area contributed by atoms with Gasteiger partial charge in [-0.25, -0.2) is 0 Å². The highest BCUT2D eigenvalue weighted by atomic mass is 79.9. The summed E-state index contributed by atoms with van der Waals surface area (Å²) >= 11 is 3.30. The Labute approximate surface area is 123 Å². The summed E-state index contributed by atoms with van der Waals surface area (Å²) < 4.78 is 0.667. The highest BCUT2D eigenvalue weighted by Gasteiger charge is 2.13. The van der Waals surface area contributed by atoms with E-state index in [-0.39, 0.29) is 11.6 Å². The molecule has 2 rings (SSSR count). The van der Waals surface area contributed by atoms with E-state index < -0.39 is 4.92 Å². The van der Waals surface area contributed by atoms with Crippen LogP contribution in [0.2, 0.25) is 0 Å². The number of aryl methyl sites for hydroxylation is 1. The Morgan fingerprint density at radius 2 is 1.95 bits per heavy atom. The van der Waals surface area contributed by atoms with Gasteiger partial charge in [-0.2, -0.15) is 0 Å². The largest absolute Gasteiger partial charge is 0.321 e. The van der Waals surface area contributed by atoms with Gasteiger partial charge in [-0.15, -0.1) is 0 Å². The molecule has 0 aliphatic rings. The summed E-state index contributed by atoms with van der Waals surface area (Å²) in [6, 6.07) is 11.3. The van der Waals surface area contributed by atoms with E-state index in [4.69, 9.17) is 0 Å². The van der Waals surface area contributed by atoms with Crippen molar-refractivity contribution in [3.63, 3.8) is 0 Å². The first kappa shape index (κ1) is 14.2. The van der Waals surface area contributed by atoms with Crippen LogP contribution in [0, 0.1) is 17.0 Å². The van der Waals surface area contributed by atoms with Crippen LogP contribution in [-0.4, -0.2) is 10.8 Å². The van der Waals surface area contributed by atoms with Crippen LogP contribution in [0.15, 0.2) is 46.9 Å². The lowest BCUT2D eigenvalue weighted by atomic mass is 10.1. The average molecular weight is 335 g/mol. The van der Waals surface area contributed by atoms with Crippen LogP contribution in [0.1, 0.15) is 15.9 Å². The van der Waals surface area contributed by atoms with Crippen molar-refractivity contribution in [1.29, 1.82) is 0 Å². The molecule has 20 heavy (non-hydrogen) atoms. The number of hydrogen-bond acceptors (Lipinski definition) is 3. The van der Waals surface area contributed by atoms with E-state index in [0.29, 0.717) is 15.7 Å². The minimum atomic E-state index is -0.493. The third-order valence-corrected chi connectivity index (χ3v) is 3.49. The topological polar surface area (TPSA) is 72.2 Å². The maximum absolute atomic E-state index is 12.2. The molecule has 0 aliphatic carbocycles. The van der Waals surface area contributed by atoms with Gasteiger partial charge in [-0.3, -0.25) is 14.9 Å². The number of rotatable bonds is 3. The molecule has 2 aromatic carbocycles. The molecule has 0 radical (unpaired) electrons. The second-order valence-corrected chi connectivity index (χ2v) is 5.04. The summed E-state index contributed by atoms with van der Waals surface area (Å²) in [4.78, 5) is 22.4. The van der Waals surface area contributed by atoms with Gasteiger partial charge in [0.2, 0.25) is 0 Å². The summed E-state index contributed by atoms with van der Waals surface area (Å²) in [6.07, 6.45) is 0. The number of halogens is 1. The van der Waals surface area contributed by atoms with Gasteiger partial charge in [0.25, 0.3) is 11.6 Å². The lowest BCUT2D eigenvalue weighted by Gasteiger charge is -2.09. The molecular weight excluding hydrogens is 324 g/mol. The molecule has 6 heteroatoms. The van der Waals surface area contributed by atoms with Gasteiger partial charge < -0.3 is 5.32 Å². The number of anilines is 1. The van der Waals surface area contributed by atoms with Crippen LogP contribution in [-0.2, 0) is 0 Å². The first-order valence-corrected chi connectivity index (χ1v) is 6.59. The van der Waals surface area contributed by atoms with Crippen LogP contribution < -0.4 is 5.32 Å². The van der Waals surface area contributed by atoms with Crippen LogP contribution in [0.25, 0.3) is 0 Å². The van der Waals surface area contributed by atoms with Crippen molar-refractivity contribution in [2.24, 2.45) is 0 Å². The molecule has 0 heterocycles. The molecular formula is C14H11BrN2O3. The summed E-state index contributed by atoms with van der Waals surface area (Å²) in [5.74, 6) is -0.318. The fourth-order valence-electron chi connectivity index (χ4n) is 1.69. The average Bonchev–Trinajstić information content (AvgIpc) is 2.41. The first-order chi connectivity index (χ1) is 9.49. The lowest BCUT2D eigenvalue weighted by molar-refractivity contribution is -0.384. The molecule has 0 atom stereocenters. The Kier molecular flexibility index (Phi) is 4.14. The number of nitrogens with zero attached hydrogens (tertiary/aromatic N) is 1. The van der Waals surface area contributed by atoms with Gasteiger partial charge in [0, 0.05) is 16.6 Å². The Bertz CT molecular complexity index is 686. The minimum absolute atomic E-state index is 0.0574. The standard InChI is InChI=1S/C14H11BrN2O3/c1-9-6-7-10(17(19)20)8-13(9)16-14(18)11-4-2-3-5-12(11)15/h2-8H,1H3,(H,16,18). The number of nitro benzene ring substituents is 1. The molecule has 5 nitrogen and oxygen atoms in total. The van der Waals surface area contributed by atoms with Gasteiger partial charge >= 0.3 is 0 Å². The number of nitro groups is 1. The number of carbonyl (C=O) groups is 1. The number of benzene rings is 2. The monoisotopic (exact) mass is 334 g/mol. The lowest BCUT2D eigenvalue weighted by Crippen LogP contribution is -2.13. The summed E-state index contributed by atoms with van der Waals surface area (Å²) in [5, 5.41) is 13.4. The minimum Gasteiger partial charge on any atom is -0.321 e. The Hall–Kier alpha value is -2.21. The Morgan fingerprint density at radius 1 is 1.25 bits per heavy atom. The van der Waals surface area contributed by atoms with Crippen molar-refractivity contribution in [3.8, 4) is 0 Å². The highest BCUT2D eigenvalue weighted by molar-refractivity contribution is 9.10. The number of carbonyl (C=O) groups excluding carboxylic acids is 1. The molecule has 102 valence electrons. The van der Waals surface area contributed by atoms with E-state index in [1.807, 2.05) is 0 Å². The maximum Gasteiger partial charge on any atom is 0.271 e. The second kappa shape index (κ2) is 5.83. The van der Waals surface area contributed by atoms with Gasteiger partial charge in [0.05, 0.1) is 16.2 Å². The van der Waals surface area contributed by atoms with Gasteiger partial charge in [0.15, 0.2) is 0 Å². The van der Waals surface area contributed by atoms with Crippen molar-refractivity contribution in [1.82, 2.24) is 0 Å². The van der Waals surface area contributed by atoms with Crippen LogP contribution >= 0.6 is 15.9 Å². The fourth-order valence-corrected chi connectivity index (χ4v) is 2.16. The molecule has 1 N–H and O–H groups in total. The number of amides is 1. The summed E-state index contributed by atoms with van der Waals surface area (Å²) in [5.41, 5.74) is 1.60. The van der Waals surface area contributed by atoms with E-state index in [1.54, 1.807) is 37.3 Å². The van der Waals surface area contributed by atoms with E-state index in [1.165, 1.54) is 12.1 Å². The van der Waals surface area contributed by atoms with Crippen molar-refractivity contribution in [2.75, 3.05) is 5.32 Å². The normalized spacial score (nSPS) is 10.1. The molecule has 0 aliphatic heterocycles. The second-order valence-electron chi connectivity index (χ2n) is 4.19. The van der Waals surface area contributed by atoms with Gasteiger partial charge in [-0.1, -0.05) is 18.2 Å².